The Bertz CT molecular complexity index is 119. The molecule has 0 aromatic heterocycles. The second kappa shape index (κ2) is 10.2. The van der Waals surface area contributed by atoms with Gasteiger partial charge in [-0.2, -0.15) is 0 Å². The molecule has 0 N–H and O–H groups in total. The Morgan fingerprint density at radius 1 is 1.50 bits per heavy atom. The van der Waals surface area contributed by atoms with Gasteiger partial charge in [-0.3, -0.25) is 0 Å². The summed E-state index contributed by atoms with van der Waals surface area (Å²) in [5.74, 6) is -0.341. The molecule has 0 saturated carbocycles. The molecule has 3 nitrogen and oxygen atoms in total. The fourth-order valence-corrected chi connectivity index (χ4v) is 0.262. The molecular formula is C9H19NO2. The van der Waals surface area contributed by atoms with E-state index in [9.17, 15) is 4.79 Å². The van der Waals surface area contributed by atoms with Crippen LogP contribution in [0.25, 0.3) is 0 Å². The Labute approximate surface area is 75.0 Å². The molecule has 12 heavy (non-hydrogen) atoms. The molecular weight excluding hydrogens is 154 g/mol. The summed E-state index contributed by atoms with van der Waals surface area (Å²) in [4.78, 5) is 12.2. The first-order valence-corrected chi connectivity index (χ1v) is 3.94. The van der Waals surface area contributed by atoms with Crippen LogP contribution in [-0.4, -0.2) is 38.6 Å². The third-order valence-electron chi connectivity index (χ3n) is 0.615. The average Bonchev–Trinajstić information content (AvgIpc) is 1.99. The summed E-state index contributed by atoms with van der Waals surface area (Å²) in [6.07, 6.45) is 2.02. The molecule has 0 bridgehead atoms. The Balaban J connectivity index is 0. The van der Waals surface area contributed by atoms with Crippen LogP contribution >= 0.6 is 0 Å². The lowest BCUT2D eigenvalue weighted by Crippen LogP contribution is -1.99. The van der Waals surface area contributed by atoms with Gasteiger partial charge in [0.2, 0.25) is 0 Å². The molecule has 0 fully saturated rings. The molecule has 0 saturated heterocycles. The molecule has 0 aliphatic heterocycles. The van der Waals surface area contributed by atoms with Crippen LogP contribution in [0.2, 0.25) is 0 Å². The normalized spacial score (nSPS) is 8.42. The van der Waals surface area contributed by atoms with Crippen molar-refractivity contribution in [2.45, 2.75) is 13.3 Å². The lowest BCUT2D eigenvalue weighted by Gasteiger charge is -1.94. The van der Waals surface area contributed by atoms with E-state index in [1.165, 1.54) is 0 Å². The summed E-state index contributed by atoms with van der Waals surface area (Å²) in [6, 6.07) is 0. The van der Waals surface area contributed by atoms with Crippen LogP contribution in [0.1, 0.15) is 13.3 Å². The predicted molar refractivity (Wildman–Crippen MR) is 51.1 cm³/mol. The molecule has 0 heterocycles. The number of ether oxygens (including phenoxy) is 1. The van der Waals surface area contributed by atoms with Gasteiger partial charge in [-0.05, 0) is 27.6 Å². The van der Waals surface area contributed by atoms with Crippen molar-refractivity contribution in [2.75, 3.05) is 27.7 Å². The Kier molecular flexibility index (Phi) is 11.6. The third kappa shape index (κ3) is 22.9. The summed E-state index contributed by atoms with van der Waals surface area (Å²) >= 11 is 0. The smallest absolute Gasteiger partial charge is 0.330 e. The fourth-order valence-electron chi connectivity index (χ4n) is 0.262. The standard InChI is InChI=1S/C6H10O2.C3H9N/c1-3-5-8-6(7)4-2;1-4(2)3/h4H,2-3,5H2,1H3;1-3H3. The summed E-state index contributed by atoms with van der Waals surface area (Å²) in [5, 5.41) is 0. The van der Waals surface area contributed by atoms with Gasteiger partial charge in [0.15, 0.2) is 0 Å². The van der Waals surface area contributed by atoms with E-state index in [0.717, 1.165) is 12.5 Å². The van der Waals surface area contributed by atoms with Gasteiger partial charge in [0.1, 0.15) is 0 Å². The van der Waals surface area contributed by atoms with E-state index in [4.69, 9.17) is 0 Å². The number of carbonyl (C=O) groups excluding carboxylic acids is 1. The molecule has 0 unspecified atom stereocenters. The van der Waals surface area contributed by atoms with E-state index in [1.807, 2.05) is 33.0 Å². The van der Waals surface area contributed by atoms with Crippen molar-refractivity contribution in [3.63, 3.8) is 0 Å². The highest BCUT2D eigenvalue weighted by Gasteiger charge is 1.89. The molecule has 72 valence electrons. The van der Waals surface area contributed by atoms with Crippen molar-refractivity contribution in [3.8, 4) is 0 Å². The van der Waals surface area contributed by atoms with Crippen LogP contribution in [-0.2, 0) is 9.53 Å². The molecule has 0 aliphatic carbocycles. The number of hydrogen-bond donors (Lipinski definition) is 0. The van der Waals surface area contributed by atoms with Gasteiger partial charge in [-0.15, -0.1) is 0 Å². The van der Waals surface area contributed by atoms with Crippen molar-refractivity contribution in [1.29, 1.82) is 0 Å². The van der Waals surface area contributed by atoms with Gasteiger partial charge >= 0.3 is 5.97 Å². The molecule has 0 atom stereocenters. The van der Waals surface area contributed by atoms with Gasteiger partial charge in [0.05, 0.1) is 6.61 Å². The highest BCUT2D eigenvalue weighted by Crippen LogP contribution is 1.81. The SMILES string of the molecule is C=CC(=O)OCCC.CN(C)C. The minimum atomic E-state index is -0.341. The first-order chi connectivity index (χ1) is 5.54. The molecule has 0 aromatic carbocycles. The van der Waals surface area contributed by atoms with Crippen molar-refractivity contribution >= 4 is 5.97 Å². The number of carbonyl (C=O) groups is 1. The molecule has 3 heteroatoms. The van der Waals surface area contributed by atoms with Crippen molar-refractivity contribution in [2.24, 2.45) is 0 Å². The minimum Gasteiger partial charge on any atom is -0.463 e. The van der Waals surface area contributed by atoms with Gasteiger partial charge in [0.25, 0.3) is 0 Å². The summed E-state index contributed by atoms with van der Waals surface area (Å²) in [7, 11) is 6.00. The van der Waals surface area contributed by atoms with Crippen LogP contribution in [0.3, 0.4) is 0 Å². The van der Waals surface area contributed by atoms with Crippen LogP contribution < -0.4 is 0 Å². The van der Waals surface area contributed by atoms with E-state index in [1.54, 1.807) is 0 Å². The first kappa shape index (κ1) is 13.7. The Hall–Kier alpha value is -0.830. The summed E-state index contributed by atoms with van der Waals surface area (Å²) < 4.78 is 4.58. The second-order valence-electron chi connectivity index (χ2n) is 2.71. The number of hydrogen-bond acceptors (Lipinski definition) is 3. The fraction of sp³-hybridized carbons (Fsp3) is 0.667. The second-order valence-corrected chi connectivity index (χ2v) is 2.71. The maximum Gasteiger partial charge on any atom is 0.330 e. The zero-order chi connectivity index (χ0) is 9.98. The maximum atomic E-state index is 10.2. The van der Waals surface area contributed by atoms with Crippen LogP contribution in [0.15, 0.2) is 12.7 Å². The molecule has 0 aromatic rings. The predicted octanol–water partition coefficient (Wildman–Crippen LogP) is 1.30. The number of rotatable bonds is 3. The van der Waals surface area contributed by atoms with E-state index in [-0.39, 0.29) is 5.97 Å². The Morgan fingerprint density at radius 2 is 1.92 bits per heavy atom. The van der Waals surface area contributed by atoms with E-state index >= 15 is 0 Å². The summed E-state index contributed by atoms with van der Waals surface area (Å²) in [6.45, 7) is 5.67. The zero-order valence-corrected chi connectivity index (χ0v) is 8.46. The first-order valence-electron chi connectivity index (χ1n) is 3.94. The number of nitrogens with zero attached hydrogens (tertiary/aromatic N) is 1. The highest BCUT2D eigenvalue weighted by atomic mass is 16.5. The average molecular weight is 173 g/mol. The quantitative estimate of drug-likeness (QED) is 0.476. The minimum absolute atomic E-state index is 0.341. The molecule has 0 rings (SSSR count). The number of esters is 1. The van der Waals surface area contributed by atoms with Crippen LogP contribution in [0.4, 0.5) is 0 Å². The van der Waals surface area contributed by atoms with Crippen molar-refractivity contribution in [3.05, 3.63) is 12.7 Å². The van der Waals surface area contributed by atoms with E-state index < -0.39 is 0 Å². The Morgan fingerprint density at radius 3 is 2.17 bits per heavy atom. The van der Waals surface area contributed by atoms with E-state index in [2.05, 4.69) is 11.3 Å². The molecule has 0 spiro atoms. The van der Waals surface area contributed by atoms with Crippen molar-refractivity contribution in [1.82, 2.24) is 4.90 Å². The monoisotopic (exact) mass is 173 g/mol. The molecule has 0 aliphatic rings. The third-order valence-corrected chi connectivity index (χ3v) is 0.615. The van der Waals surface area contributed by atoms with Crippen LogP contribution in [0.5, 0.6) is 0 Å². The topological polar surface area (TPSA) is 29.5 Å². The van der Waals surface area contributed by atoms with Gasteiger partial charge in [0, 0.05) is 6.08 Å². The van der Waals surface area contributed by atoms with Gasteiger partial charge in [-0.1, -0.05) is 13.5 Å². The molecule has 0 radical (unpaired) electrons. The lowest BCUT2D eigenvalue weighted by molar-refractivity contribution is -0.137. The zero-order valence-electron chi connectivity index (χ0n) is 8.46. The molecule has 0 amide bonds. The highest BCUT2D eigenvalue weighted by molar-refractivity contribution is 5.81. The van der Waals surface area contributed by atoms with Crippen LogP contribution in [0, 0.1) is 0 Å². The largest absolute Gasteiger partial charge is 0.463 e. The van der Waals surface area contributed by atoms with Crippen molar-refractivity contribution < 1.29 is 9.53 Å². The van der Waals surface area contributed by atoms with Gasteiger partial charge in [-0.25, -0.2) is 4.79 Å². The lowest BCUT2D eigenvalue weighted by atomic mass is 10.5. The van der Waals surface area contributed by atoms with Gasteiger partial charge < -0.3 is 9.64 Å². The van der Waals surface area contributed by atoms with E-state index in [0.29, 0.717) is 6.61 Å². The maximum absolute atomic E-state index is 10.2. The summed E-state index contributed by atoms with van der Waals surface area (Å²) in [5.41, 5.74) is 0.